The van der Waals surface area contributed by atoms with Crippen molar-refractivity contribution in [1.82, 2.24) is 31.1 Å². The summed E-state index contributed by atoms with van der Waals surface area (Å²) in [7, 11) is 0. The molecule has 0 saturated carbocycles. The van der Waals surface area contributed by atoms with E-state index in [0.29, 0.717) is 6.54 Å². The molecule has 5 aromatic heterocycles. The van der Waals surface area contributed by atoms with Crippen LogP contribution in [-0.2, 0) is 19.5 Å². The predicted molar refractivity (Wildman–Crippen MR) is 292 cm³/mol. The fraction of sp³-hybridized carbons (Fsp3) is 0.120. The zero-order chi connectivity index (χ0) is 46.7. The molecule has 12 nitrogen and oxygen atoms in total. The highest BCUT2D eigenvalue weighted by molar-refractivity contribution is 8.38. The summed E-state index contributed by atoms with van der Waals surface area (Å²) >= 11 is 14.0. The summed E-state index contributed by atoms with van der Waals surface area (Å²) in [6.07, 6.45) is 16.0. The van der Waals surface area contributed by atoms with Gasteiger partial charge in [0.25, 0.3) is 0 Å². The maximum atomic E-state index is 10.5. The van der Waals surface area contributed by atoms with Gasteiger partial charge in [0.1, 0.15) is 4.38 Å². The smallest absolute Gasteiger partial charge is 0.152 e. The largest absolute Gasteiger partial charge is 0.411 e. The Morgan fingerprint density at radius 1 is 0.716 bits per heavy atom. The Labute approximate surface area is 411 Å². The average Bonchev–Trinajstić information content (AvgIpc) is 4.24. The van der Waals surface area contributed by atoms with Gasteiger partial charge in [0.05, 0.1) is 29.7 Å². The lowest BCUT2D eigenvalue weighted by Crippen LogP contribution is -1.96. The molecule has 1 aliphatic heterocycles. The fourth-order valence-corrected chi connectivity index (χ4v) is 9.17. The van der Waals surface area contributed by atoms with E-state index in [1.54, 1.807) is 41.5 Å². The van der Waals surface area contributed by atoms with Crippen molar-refractivity contribution in [1.29, 1.82) is 0 Å². The van der Waals surface area contributed by atoms with Crippen molar-refractivity contribution >= 4 is 135 Å². The van der Waals surface area contributed by atoms with Crippen molar-refractivity contribution in [3.05, 3.63) is 174 Å². The topological polar surface area (TPSA) is 222 Å². The average molecular weight is 991 g/mol. The molecule has 0 radical (unpaired) electrons. The quantitative estimate of drug-likeness (QED) is 0.0254. The maximum Gasteiger partial charge on any atom is 0.152 e. The number of hydrogen-bond acceptors (Lipinski definition) is 11. The molecule has 67 heavy (non-hydrogen) atoms. The number of thiocarbonyl (C=S) groups is 1. The standard InChI is InChI=1S/C12H13NS2.C11H10N2S2.C9H8N2O.C9H10N2.C9H7NO.ClHO.H3N/c1-15-12(14)7-6-9-8-13-11-5-3-2-4-10(9)11;1-14-11-12-6-8-7-4-2-3-5-9(7)13-10(8)15-11;12-11-6-7-5-10-9-4-2-1-3-8(7)9;10-5-7-6-11-9-4-2-1-3-8(7)9;11-6-7-5-10-9-4-2-1-3-8(7)9;1-2;/h2-5,8,13H,6-7H2,1H3;2-5,13H,6H2,1H3;1-6,10,12H;1-4,6,11H,5,10H2;1-6,10H;2H;1H3/b;;11-6+;;;;. The van der Waals surface area contributed by atoms with Crippen LogP contribution < -0.4 is 11.9 Å². The number of aliphatic imine (C=N–C) groups is 1. The molecule has 0 atom stereocenters. The van der Waals surface area contributed by atoms with Gasteiger partial charge in [0.15, 0.2) is 6.29 Å². The van der Waals surface area contributed by atoms with Crippen LogP contribution in [0.15, 0.2) is 161 Å². The first-order valence-corrected chi connectivity index (χ1v) is 24.6. The highest BCUT2D eigenvalue weighted by atomic mass is 35.5. The summed E-state index contributed by atoms with van der Waals surface area (Å²) in [5.41, 5.74) is 16.7. The maximum absolute atomic E-state index is 10.5. The van der Waals surface area contributed by atoms with Crippen LogP contribution in [0.1, 0.15) is 39.0 Å². The van der Waals surface area contributed by atoms with Gasteiger partial charge < -0.3 is 42.0 Å². The van der Waals surface area contributed by atoms with Crippen LogP contribution in [-0.4, -0.2) is 68.4 Å². The van der Waals surface area contributed by atoms with Gasteiger partial charge in [0.2, 0.25) is 0 Å². The van der Waals surface area contributed by atoms with Gasteiger partial charge in [-0.1, -0.05) is 108 Å². The van der Waals surface area contributed by atoms with E-state index in [1.807, 2.05) is 79.3 Å². The number of nitrogens with one attached hydrogen (secondary N) is 5. The third kappa shape index (κ3) is 13.5. The first-order valence-electron chi connectivity index (χ1n) is 20.6. The van der Waals surface area contributed by atoms with Gasteiger partial charge in [-0.3, -0.25) is 14.4 Å². The van der Waals surface area contributed by atoms with E-state index in [-0.39, 0.29) is 6.15 Å². The molecule has 5 aromatic carbocycles. The first-order chi connectivity index (χ1) is 32.4. The molecular formula is C50H52ClN9O3S4. The number of carbonyl (C=O) groups excluding carboxylic acids is 1. The molecule has 12 N–H and O–H groups in total. The molecule has 0 bridgehead atoms. The first kappa shape index (κ1) is 51.9. The second kappa shape index (κ2) is 26.9. The molecule has 346 valence electrons. The monoisotopic (exact) mass is 989 g/mol. The van der Waals surface area contributed by atoms with E-state index in [9.17, 15) is 4.79 Å². The Bertz CT molecular complexity index is 3190. The third-order valence-electron chi connectivity index (χ3n) is 10.5. The predicted octanol–water partition coefficient (Wildman–Crippen LogP) is 13.2. The number of H-pyrrole nitrogens is 5. The number of para-hydroxylation sites is 5. The minimum Gasteiger partial charge on any atom is -0.411 e. The number of fused-ring (bicyclic) bond motifs is 7. The highest BCUT2D eigenvalue weighted by Crippen LogP contribution is 2.36. The summed E-state index contributed by atoms with van der Waals surface area (Å²) < 4.78 is 8.70. The summed E-state index contributed by atoms with van der Waals surface area (Å²) in [5.74, 6) is 0. The Morgan fingerprint density at radius 2 is 1.18 bits per heavy atom. The third-order valence-corrected chi connectivity index (χ3v) is 13.9. The van der Waals surface area contributed by atoms with Crippen LogP contribution in [0.2, 0.25) is 0 Å². The molecular weight excluding hydrogens is 938 g/mol. The number of nitrogens with two attached hydrogens (primary N) is 1. The number of benzene rings is 5. The van der Waals surface area contributed by atoms with Crippen LogP contribution in [0, 0.1) is 0 Å². The molecule has 0 aliphatic carbocycles. The van der Waals surface area contributed by atoms with E-state index in [1.165, 1.54) is 55.1 Å². The van der Waals surface area contributed by atoms with Crippen LogP contribution >= 0.6 is 59.4 Å². The van der Waals surface area contributed by atoms with Crippen molar-refractivity contribution < 1.29 is 14.7 Å². The molecule has 0 spiro atoms. The lowest BCUT2D eigenvalue weighted by atomic mass is 10.1. The number of rotatable bonds is 6. The number of oxime groups is 1. The van der Waals surface area contributed by atoms with E-state index in [0.717, 1.165) is 72.7 Å². The van der Waals surface area contributed by atoms with Crippen LogP contribution in [0.25, 0.3) is 54.5 Å². The van der Waals surface area contributed by atoms with Crippen molar-refractivity contribution in [2.75, 3.05) is 12.5 Å². The molecule has 6 heterocycles. The number of aromatic amines is 5. The van der Waals surface area contributed by atoms with Gasteiger partial charge in [-0.2, -0.15) is 0 Å². The number of aromatic nitrogens is 5. The van der Waals surface area contributed by atoms with Gasteiger partial charge in [0, 0.05) is 107 Å². The summed E-state index contributed by atoms with van der Waals surface area (Å²) in [6, 6.07) is 40.6. The van der Waals surface area contributed by atoms with Gasteiger partial charge in [-0.15, -0.1) is 23.5 Å². The summed E-state index contributed by atoms with van der Waals surface area (Å²) in [4.78, 5) is 31.0. The second-order valence-corrected chi connectivity index (χ2v) is 18.0. The molecule has 1 aliphatic rings. The Balaban J connectivity index is 0.000000156. The number of aldehydes is 1. The lowest BCUT2D eigenvalue weighted by Gasteiger charge is -2.09. The Morgan fingerprint density at radius 3 is 1.72 bits per heavy atom. The molecule has 10 aromatic rings. The van der Waals surface area contributed by atoms with Crippen LogP contribution in [0.3, 0.4) is 0 Å². The zero-order valence-corrected chi connectivity index (χ0v) is 40.9. The number of nitrogens with zero attached hydrogens (tertiary/aromatic N) is 2. The van der Waals surface area contributed by atoms with Crippen molar-refractivity contribution in [3.8, 4) is 0 Å². The Kier molecular flexibility index (Phi) is 20.8. The molecule has 0 amide bonds. The van der Waals surface area contributed by atoms with Crippen molar-refractivity contribution in [2.24, 2.45) is 15.9 Å². The van der Waals surface area contributed by atoms with Crippen molar-refractivity contribution in [3.63, 3.8) is 0 Å². The highest BCUT2D eigenvalue weighted by Gasteiger charge is 2.17. The molecule has 0 saturated heterocycles. The van der Waals surface area contributed by atoms with E-state index in [4.69, 9.17) is 27.8 Å². The molecule has 17 heteroatoms. The number of aryl methyl sites for hydroxylation is 1. The molecule has 11 rings (SSSR count). The second-order valence-electron chi connectivity index (χ2n) is 14.3. The number of thioether (sulfide) groups is 3. The number of hydrogen-bond donors (Lipinski definition) is 9. The Hall–Kier alpha value is -6.08. The number of carbonyl (C=O) groups is 1. The van der Waals surface area contributed by atoms with Gasteiger partial charge in [-0.25, -0.2) is 0 Å². The lowest BCUT2D eigenvalue weighted by molar-refractivity contribution is 0.112. The summed E-state index contributed by atoms with van der Waals surface area (Å²) in [5, 5.41) is 18.5. The molecule has 0 fully saturated rings. The van der Waals surface area contributed by atoms with Crippen LogP contribution in [0.5, 0.6) is 0 Å². The van der Waals surface area contributed by atoms with Gasteiger partial charge in [-0.05, 0) is 78.6 Å². The SMILES string of the molecule is CSC(=S)CCc1c[nH]c2ccccc12.CSC1=NCc2c([nH]c3ccccc23)S1.N.NCc1c[nH]c2ccccc12.O/N=C/c1c[nH]c2ccccc12.O=Cc1c[nH]c2ccccc12.OCl. The van der Waals surface area contributed by atoms with Gasteiger partial charge >= 0.3 is 0 Å². The minimum atomic E-state index is 0. The minimum absolute atomic E-state index is 0. The van der Waals surface area contributed by atoms with Crippen molar-refractivity contribution in [2.45, 2.75) is 31.0 Å². The zero-order valence-electron chi connectivity index (χ0n) is 36.8. The normalized spacial score (nSPS) is 11.3. The summed E-state index contributed by atoms with van der Waals surface area (Å²) in [6.45, 7) is 1.41. The number of halogens is 1. The fourth-order valence-electron chi connectivity index (χ4n) is 7.22. The van der Waals surface area contributed by atoms with E-state index in [2.05, 4.69) is 120 Å². The van der Waals surface area contributed by atoms with Crippen LogP contribution in [0.4, 0.5) is 0 Å². The van der Waals surface area contributed by atoms with E-state index >= 15 is 0 Å². The van der Waals surface area contributed by atoms with E-state index < -0.39 is 0 Å². The molecule has 0 unspecified atom stereocenters.